The van der Waals surface area contributed by atoms with Crippen molar-refractivity contribution in [2.75, 3.05) is 13.1 Å². The third-order valence-corrected chi connectivity index (χ3v) is 3.98. The third-order valence-electron chi connectivity index (χ3n) is 3.98. The van der Waals surface area contributed by atoms with Gasteiger partial charge in [0.05, 0.1) is 0 Å². The van der Waals surface area contributed by atoms with Gasteiger partial charge in [0.15, 0.2) is 0 Å². The fourth-order valence-corrected chi connectivity index (χ4v) is 3.19. The molecule has 1 heterocycles. The lowest BCUT2D eigenvalue weighted by Gasteiger charge is -2.38. The van der Waals surface area contributed by atoms with Crippen molar-refractivity contribution < 1.29 is 0 Å². The highest BCUT2D eigenvalue weighted by molar-refractivity contribution is 5.15. The molecule has 2 nitrogen and oxygen atoms in total. The fraction of sp³-hybridized carbons (Fsp3) is 0.571. The summed E-state index contributed by atoms with van der Waals surface area (Å²) in [5.74, 6) is 0. The maximum absolute atomic E-state index is 3.66. The number of hydrogen-bond donors (Lipinski definition) is 1. The number of rotatable bonds is 2. The fourth-order valence-electron chi connectivity index (χ4n) is 3.19. The average molecular weight is 216 g/mol. The first-order chi connectivity index (χ1) is 7.93. The molecule has 0 spiro atoms. The topological polar surface area (TPSA) is 15.3 Å². The van der Waals surface area contributed by atoms with Gasteiger partial charge in [-0.2, -0.15) is 0 Å². The van der Waals surface area contributed by atoms with Crippen LogP contribution >= 0.6 is 0 Å². The van der Waals surface area contributed by atoms with Crippen LogP contribution in [0.2, 0.25) is 0 Å². The van der Waals surface area contributed by atoms with Gasteiger partial charge in [-0.25, -0.2) is 0 Å². The first-order valence-electron chi connectivity index (χ1n) is 6.45. The molecule has 16 heavy (non-hydrogen) atoms. The minimum atomic E-state index is 0.762. The highest BCUT2D eigenvalue weighted by atomic mass is 15.2. The summed E-state index contributed by atoms with van der Waals surface area (Å²) >= 11 is 0. The SMILES string of the molecule is c1ccc(CN2CCN[C@@H]3CCC[C@@H]32)cc1. The quantitative estimate of drug-likeness (QED) is 0.813. The van der Waals surface area contributed by atoms with Crippen LogP contribution in [0.15, 0.2) is 30.3 Å². The molecule has 1 saturated carbocycles. The Hall–Kier alpha value is -0.860. The van der Waals surface area contributed by atoms with E-state index in [1.165, 1.54) is 31.4 Å². The lowest BCUT2D eigenvalue weighted by Crippen LogP contribution is -2.54. The van der Waals surface area contributed by atoms with Crippen molar-refractivity contribution >= 4 is 0 Å². The summed E-state index contributed by atoms with van der Waals surface area (Å²) in [4.78, 5) is 2.67. The second-order valence-electron chi connectivity index (χ2n) is 5.01. The molecular weight excluding hydrogens is 196 g/mol. The molecule has 0 aromatic heterocycles. The molecule has 1 aromatic carbocycles. The van der Waals surface area contributed by atoms with Crippen LogP contribution in [0.5, 0.6) is 0 Å². The van der Waals surface area contributed by atoms with Crippen LogP contribution in [0.1, 0.15) is 24.8 Å². The van der Waals surface area contributed by atoms with E-state index in [9.17, 15) is 0 Å². The van der Waals surface area contributed by atoms with Gasteiger partial charge in [0.2, 0.25) is 0 Å². The molecule has 2 heteroatoms. The number of nitrogens with one attached hydrogen (secondary N) is 1. The predicted molar refractivity (Wildman–Crippen MR) is 66.3 cm³/mol. The first-order valence-corrected chi connectivity index (χ1v) is 6.45. The monoisotopic (exact) mass is 216 g/mol. The minimum Gasteiger partial charge on any atom is -0.311 e. The van der Waals surface area contributed by atoms with Crippen molar-refractivity contribution in [3.63, 3.8) is 0 Å². The molecule has 1 N–H and O–H groups in total. The Labute approximate surface area is 97.6 Å². The second-order valence-corrected chi connectivity index (χ2v) is 5.01. The normalized spacial score (nSPS) is 30.2. The van der Waals surface area contributed by atoms with Crippen molar-refractivity contribution in [3.8, 4) is 0 Å². The average Bonchev–Trinajstić information content (AvgIpc) is 2.80. The Balaban J connectivity index is 1.70. The first kappa shape index (κ1) is 10.3. The van der Waals surface area contributed by atoms with Crippen molar-refractivity contribution in [2.45, 2.75) is 37.9 Å². The van der Waals surface area contributed by atoms with Gasteiger partial charge >= 0.3 is 0 Å². The molecule has 0 amide bonds. The molecule has 0 unspecified atom stereocenters. The molecule has 3 rings (SSSR count). The summed E-state index contributed by atoms with van der Waals surface area (Å²) < 4.78 is 0. The van der Waals surface area contributed by atoms with E-state index in [0.29, 0.717) is 0 Å². The number of fused-ring (bicyclic) bond motifs is 1. The van der Waals surface area contributed by atoms with Crippen LogP contribution in [-0.4, -0.2) is 30.1 Å². The van der Waals surface area contributed by atoms with Crippen LogP contribution in [0.25, 0.3) is 0 Å². The largest absolute Gasteiger partial charge is 0.311 e. The summed E-state index contributed by atoms with van der Waals surface area (Å²) in [6.07, 6.45) is 4.15. The minimum absolute atomic E-state index is 0.762. The second kappa shape index (κ2) is 4.56. The Bertz CT molecular complexity index is 336. The van der Waals surface area contributed by atoms with Crippen LogP contribution < -0.4 is 5.32 Å². The van der Waals surface area contributed by atoms with Gasteiger partial charge in [-0.15, -0.1) is 0 Å². The molecule has 1 aromatic rings. The van der Waals surface area contributed by atoms with Gasteiger partial charge < -0.3 is 5.32 Å². The van der Waals surface area contributed by atoms with Gasteiger partial charge in [0.1, 0.15) is 0 Å². The molecule has 86 valence electrons. The Morgan fingerprint density at radius 2 is 2.06 bits per heavy atom. The summed E-state index contributed by atoms with van der Waals surface area (Å²) in [6.45, 7) is 3.49. The summed E-state index contributed by atoms with van der Waals surface area (Å²) in [7, 11) is 0. The zero-order valence-electron chi connectivity index (χ0n) is 9.73. The van der Waals surface area contributed by atoms with Gasteiger partial charge in [-0.1, -0.05) is 36.8 Å². The van der Waals surface area contributed by atoms with Crippen molar-refractivity contribution in [1.82, 2.24) is 10.2 Å². The Morgan fingerprint density at radius 3 is 2.94 bits per heavy atom. The summed E-state index contributed by atoms with van der Waals surface area (Å²) in [5, 5.41) is 3.66. The molecule has 2 fully saturated rings. The van der Waals surface area contributed by atoms with Crippen LogP contribution in [0.4, 0.5) is 0 Å². The van der Waals surface area contributed by atoms with E-state index in [1.54, 1.807) is 0 Å². The van der Waals surface area contributed by atoms with E-state index in [4.69, 9.17) is 0 Å². The molecule has 2 aliphatic rings. The predicted octanol–water partition coefficient (Wildman–Crippen LogP) is 2.01. The molecule has 0 radical (unpaired) electrons. The Morgan fingerprint density at radius 1 is 1.19 bits per heavy atom. The van der Waals surface area contributed by atoms with Crippen molar-refractivity contribution in [2.24, 2.45) is 0 Å². The van der Waals surface area contributed by atoms with E-state index in [-0.39, 0.29) is 0 Å². The number of hydrogen-bond acceptors (Lipinski definition) is 2. The molecule has 1 aliphatic heterocycles. The number of benzene rings is 1. The maximum atomic E-state index is 3.66. The molecular formula is C14H20N2. The summed E-state index contributed by atoms with van der Waals surface area (Å²) in [6, 6.07) is 12.4. The van der Waals surface area contributed by atoms with E-state index in [2.05, 4.69) is 40.5 Å². The third kappa shape index (κ3) is 2.00. The highest BCUT2D eigenvalue weighted by Crippen LogP contribution is 2.27. The standard InChI is InChI=1S/C14H20N2/c1-2-5-12(6-3-1)11-16-10-9-15-13-7-4-8-14(13)16/h1-3,5-6,13-15H,4,7-11H2/t13-,14+/m1/s1. The maximum Gasteiger partial charge on any atom is 0.0253 e. The van der Waals surface area contributed by atoms with Crippen molar-refractivity contribution in [1.29, 1.82) is 0 Å². The summed E-state index contributed by atoms with van der Waals surface area (Å²) in [5.41, 5.74) is 1.45. The van der Waals surface area contributed by atoms with E-state index in [1.807, 2.05) is 0 Å². The van der Waals surface area contributed by atoms with E-state index >= 15 is 0 Å². The van der Waals surface area contributed by atoms with Gasteiger partial charge in [-0.3, -0.25) is 4.90 Å². The zero-order chi connectivity index (χ0) is 10.8. The van der Waals surface area contributed by atoms with E-state index < -0.39 is 0 Å². The van der Waals surface area contributed by atoms with Gasteiger partial charge in [0, 0.05) is 31.7 Å². The number of nitrogens with zero attached hydrogens (tertiary/aromatic N) is 1. The van der Waals surface area contributed by atoms with Crippen molar-refractivity contribution in [3.05, 3.63) is 35.9 Å². The molecule has 0 bridgehead atoms. The van der Waals surface area contributed by atoms with Crippen LogP contribution in [-0.2, 0) is 6.54 Å². The molecule has 2 atom stereocenters. The van der Waals surface area contributed by atoms with Gasteiger partial charge in [0.25, 0.3) is 0 Å². The smallest absolute Gasteiger partial charge is 0.0253 e. The molecule has 1 saturated heterocycles. The zero-order valence-corrected chi connectivity index (χ0v) is 9.73. The van der Waals surface area contributed by atoms with Crippen LogP contribution in [0, 0.1) is 0 Å². The van der Waals surface area contributed by atoms with Crippen LogP contribution in [0.3, 0.4) is 0 Å². The molecule has 1 aliphatic carbocycles. The highest BCUT2D eigenvalue weighted by Gasteiger charge is 2.34. The van der Waals surface area contributed by atoms with Gasteiger partial charge in [-0.05, 0) is 18.4 Å². The lowest BCUT2D eigenvalue weighted by atomic mass is 10.1. The van der Waals surface area contributed by atoms with E-state index in [0.717, 1.165) is 25.2 Å². The Kier molecular flexibility index (Phi) is 2.94. The number of piperazine rings is 1. The lowest BCUT2D eigenvalue weighted by molar-refractivity contribution is 0.129.